The Hall–Kier alpha value is -4.43. The van der Waals surface area contributed by atoms with Gasteiger partial charge in [-0.15, -0.1) is 0 Å². The second-order valence-electron chi connectivity index (χ2n) is 16.1. The molecule has 0 spiro atoms. The molecule has 2 heterocycles. The Morgan fingerprint density at radius 3 is 2.24 bits per heavy atom. The van der Waals surface area contributed by atoms with Crippen molar-refractivity contribution in [1.82, 2.24) is 41.0 Å². The van der Waals surface area contributed by atoms with Crippen LogP contribution in [0, 0.1) is 11.3 Å². The highest BCUT2D eigenvalue weighted by atomic mass is 35.5. The number of nitrogens with one attached hydrogen (secondary N) is 4. The molecular weight excluding hydrogens is 724 g/mol. The molecule has 15 heteroatoms. The number of benzene rings is 1. The van der Waals surface area contributed by atoms with Gasteiger partial charge in [-0.1, -0.05) is 77.1 Å². The molecule has 3 fully saturated rings. The van der Waals surface area contributed by atoms with Crippen LogP contribution in [0.3, 0.4) is 0 Å². The molecule has 3 aliphatic rings. The third-order valence-corrected chi connectivity index (χ3v) is 10.9. The third-order valence-electron chi connectivity index (χ3n) is 10.6. The molecule has 0 unspecified atom stereocenters. The molecule has 5 amide bonds. The minimum absolute atomic E-state index is 0.00847. The fraction of sp³-hybridized carbons (Fsp3) is 0.600. The quantitative estimate of drug-likeness (QED) is 0.198. The SMILES string of the molecule is CCC[C@H](NC(=O)[C@H]1CN(C(=O)[C@@H](NC(=O)[C@@H](NC(=O)c2cnccn2)C2CCCCC2)C(C)(C)C)CCN1Cc1ccc(Cl)cc1)C(=O)C(=O)NC1CC1. The summed E-state index contributed by atoms with van der Waals surface area (Å²) in [5.74, 6) is -3.34. The first kappa shape index (κ1) is 41.7. The summed E-state index contributed by atoms with van der Waals surface area (Å²) < 4.78 is 0. The summed E-state index contributed by atoms with van der Waals surface area (Å²) in [6.45, 7) is 8.41. The van der Waals surface area contributed by atoms with Crippen LogP contribution >= 0.6 is 11.6 Å². The number of halogens is 1. The fourth-order valence-corrected chi connectivity index (χ4v) is 7.44. The predicted octanol–water partition coefficient (Wildman–Crippen LogP) is 3.19. The summed E-state index contributed by atoms with van der Waals surface area (Å²) in [4.78, 5) is 93.7. The van der Waals surface area contributed by atoms with Crippen molar-refractivity contribution in [2.45, 2.75) is 122 Å². The summed E-state index contributed by atoms with van der Waals surface area (Å²) in [6.07, 6.45) is 11.1. The predicted molar refractivity (Wildman–Crippen MR) is 206 cm³/mol. The second kappa shape index (κ2) is 18.9. The van der Waals surface area contributed by atoms with Crippen molar-refractivity contribution < 1.29 is 28.8 Å². The number of piperazine rings is 1. The van der Waals surface area contributed by atoms with E-state index in [1.807, 2.05) is 44.7 Å². The first-order valence-corrected chi connectivity index (χ1v) is 19.9. The lowest BCUT2D eigenvalue weighted by Gasteiger charge is -2.43. The third kappa shape index (κ3) is 11.5. The van der Waals surface area contributed by atoms with E-state index in [2.05, 4.69) is 31.2 Å². The van der Waals surface area contributed by atoms with Crippen LogP contribution in [0.25, 0.3) is 0 Å². The average Bonchev–Trinajstić information content (AvgIpc) is 4.00. The number of amides is 5. The van der Waals surface area contributed by atoms with E-state index in [9.17, 15) is 28.8 Å². The number of nitrogens with zero attached hydrogens (tertiary/aromatic N) is 4. The lowest BCUT2D eigenvalue weighted by molar-refractivity contribution is -0.146. The van der Waals surface area contributed by atoms with E-state index in [-0.39, 0.29) is 43.1 Å². The minimum atomic E-state index is -1.02. The van der Waals surface area contributed by atoms with Gasteiger partial charge in [0.1, 0.15) is 23.8 Å². The number of aromatic nitrogens is 2. The molecule has 298 valence electrons. The Morgan fingerprint density at radius 1 is 0.909 bits per heavy atom. The van der Waals surface area contributed by atoms with Crippen molar-refractivity contribution in [2.75, 3.05) is 19.6 Å². The summed E-state index contributed by atoms with van der Waals surface area (Å²) in [5, 5.41) is 12.1. The van der Waals surface area contributed by atoms with E-state index in [4.69, 9.17) is 11.6 Å². The molecule has 1 aromatic heterocycles. The highest BCUT2D eigenvalue weighted by Gasteiger charge is 2.43. The van der Waals surface area contributed by atoms with E-state index in [1.54, 1.807) is 17.0 Å². The topological polar surface area (TPSA) is 183 Å². The smallest absolute Gasteiger partial charge is 0.289 e. The van der Waals surface area contributed by atoms with Crippen LogP contribution < -0.4 is 21.3 Å². The van der Waals surface area contributed by atoms with Gasteiger partial charge in [0.05, 0.1) is 12.2 Å². The fourth-order valence-electron chi connectivity index (χ4n) is 7.31. The van der Waals surface area contributed by atoms with Crippen molar-refractivity contribution >= 4 is 46.9 Å². The number of ketones is 1. The van der Waals surface area contributed by atoms with E-state index in [1.165, 1.54) is 18.6 Å². The Labute approximate surface area is 328 Å². The number of rotatable bonds is 15. The van der Waals surface area contributed by atoms with Gasteiger partial charge in [0, 0.05) is 49.6 Å². The largest absolute Gasteiger partial charge is 0.347 e. The number of hydrogen-bond acceptors (Lipinski definition) is 9. The molecule has 5 rings (SSSR count). The van der Waals surface area contributed by atoms with Crippen LogP contribution in [0.15, 0.2) is 42.9 Å². The zero-order chi connectivity index (χ0) is 39.7. The molecule has 55 heavy (non-hydrogen) atoms. The molecule has 4 N–H and O–H groups in total. The van der Waals surface area contributed by atoms with Crippen molar-refractivity contribution in [2.24, 2.45) is 11.3 Å². The van der Waals surface area contributed by atoms with Crippen LogP contribution in [0.5, 0.6) is 0 Å². The van der Waals surface area contributed by atoms with E-state index in [0.29, 0.717) is 24.5 Å². The Bertz CT molecular complexity index is 1680. The Kier molecular flexibility index (Phi) is 14.4. The molecule has 4 atom stereocenters. The Balaban J connectivity index is 1.36. The van der Waals surface area contributed by atoms with Crippen LogP contribution in [-0.4, -0.2) is 105 Å². The van der Waals surface area contributed by atoms with Gasteiger partial charge >= 0.3 is 0 Å². The van der Waals surface area contributed by atoms with Crippen molar-refractivity contribution in [3.05, 3.63) is 59.1 Å². The van der Waals surface area contributed by atoms with Crippen LogP contribution in [-0.2, 0) is 30.5 Å². The van der Waals surface area contributed by atoms with Gasteiger partial charge in [0.25, 0.3) is 11.8 Å². The molecule has 14 nitrogen and oxygen atoms in total. The van der Waals surface area contributed by atoms with Crippen molar-refractivity contribution in [3.8, 4) is 0 Å². The van der Waals surface area contributed by atoms with Crippen LogP contribution in [0.2, 0.25) is 5.02 Å². The highest BCUT2D eigenvalue weighted by molar-refractivity contribution is 6.38. The molecule has 1 aliphatic heterocycles. The lowest BCUT2D eigenvalue weighted by atomic mass is 9.82. The number of carbonyl (C=O) groups excluding carboxylic acids is 6. The molecule has 2 aromatic rings. The van der Waals surface area contributed by atoms with Gasteiger partial charge in [-0.05, 0) is 61.1 Å². The maximum atomic E-state index is 14.6. The first-order chi connectivity index (χ1) is 26.2. The number of hydrogen-bond donors (Lipinski definition) is 4. The molecular formula is C40H55ClN8O6. The van der Waals surface area contributed by atoms with Gasteiger partial charge < -0.3 is 26.2 Å². The normalized spacial score (nSPS) is 19.7. The molecule has 1 aromatic carbocycles. The lowest BCUT2D eigenvalue weighted by Crippen LogP contribution is -2.65. The second-order valence-corrected chi connectivity index (χ2v) is 16.5. The van der Waals surface area contributed by atoms with Crippen molar-refractivity contribution in [1.29, 1.82) is 0 Å². The van der Waals surface area contributed by atoms with E-state index in [0.717, 1.165) is 50.5 Å². The molecule has 2 saturated carbocycles. The van der Waals surface area contributed by atoms with Crippen molar-refractivity contribution in [3.63, 3.8) is 0 Å². The molecule has 2 aliphatic carbocycles. The summed E-state index contributed by atoms with van der Waals surface area (Å²) >= 11 is 6.14. The molecule has 1 saturated heterocycles. The monoisotopic (exact) mass is 778 g/mol. The van der Waals surface area contributed by atoms with Crippen LogP contribution in [0.4, 0.5) is 0 Å². The van der Waals surface area contributed by atoms with E-state index >= 15 is 0 Å². The Morgan fingerprint density at radius 2 is 1.62 bits per heavy atom. The molecule has 0 radical (unpaired) electrons. The minimum Gasteiger partial charge on any atom is -0.347 e. The van der Waals surface area contributed by atoms with Crippen LogP contribution in [0.1, 0.15) is 102 Å². The highest BCUT2D eigenvalue weighted by Crippen LogP contribution is 2.29. The zero-order valence-corrected chi connectivity index (χ0v) is 33.1. The van der Waals surface area contributed by atoms with E-state index < -0.39 is 59.0 Å². The van der Waals surface area contributed by atoms with Gasteiger partial charge in [-0.25, -0.2) is 4.98 Å². The number of Topliss-reactive ketones (excluding diaryl/α,β-unsaturated/α-hetero) is 1. The molecule has 0 bridgehead atoms. The summed E-state index contributed by atoms with van der Waals surface area (Å²) in [6, 6.07) is 3.50. The van der Waals surface area contributed by atoms with Gasteiger partial charge in [-0.3, -0.25) is 38.7 Å². The standard InChI is InChI=1S/C40H55ClN8O6/c1-5-9-29(33(50)38(54)44-28-16-17-28)45-36(52)31-24-49(21-20-48(31)23-25-12-14-27(41)15-13-25)39(55)34(40(2,3)4)47-37(53)32(26-10-7-6-8-11-26)46-35(51)30-22-42-18-19-43-30/h12-15,18-19,22,26,28-29,31-32,34H,5-11,16-17,20-21,23-24H2,1-4H3,(H,44,54)(H,45,52)(H,46,51)(H,47,53)/t29-,31+,32-,34+/m0/s1. The number of carbonyl (C=O) groups is 6. The maximum Gasteiger partial charge on any atom is 0.289 e. The average molecular weight is 779 g/mol. The van der Waals surface area contributed by atoms with Gasteiger partial charge in [0.15, 0.2) is 0 Å². The summed E-state index contributed by atoms with van der Waals surface area (Å²) in [7, 11) is 0. The zero-order valence-electron chi connectivity index (χ0n) is 32.3. The van der Waals surface area contributed by atoms with Gasteiger partial charge in [-0.2, -0.15) is 0 Å². The van der Waals surface area contributed by atoms with Gasteiger partial charge in [0.2, 0.25) is 23.5 Å². The summed E-state index contributed by atoms with van der Waals surface area (Å²) in [5.41, 5.74) is 0.251. The first-order valence-electron chi connectivity index (χ1n) is 19.5. The maximum absolute atomic E-state index is 14.6.